The van der Waals surface area contributed by atoms with Gasteiger partial charge in [0.1, 0.15) is 5.75 Å². The molecule has 1 heterocycles. The van der Waals surface area contributed by atoms with Crippen molar-refractivity contribution in [3.63, 3.8) is 0 Å². The summed E-state index contributed by atoms with van der Waals surface area (Å²) in [7, 11) is 4.92. The molecule has 8 heteroatoms. The predicted molar refractivity (Wildman–Crippen MR) is 119 cm³/mol. The summed E-state index contributed by atoms with van der Waals surface area (Å²) in [6.45, 7) is 4.56. The van der Waals surface area contributed by atoms with Crippen molar-refractivity contribution in [1.82, 2.24) is 10.2 Å². The average Bonchev–Trinajstić information content (AvgIpc) is 2.70. The molecule has 0 unspecified atom stereocenters. The van der Waals surface area contributed by atoms with E-state index in [9.17, 15) is 4.79 Å². The summed E-state index contributed by atoms with van der Waals surface area (Å²) in [6, 6.07) is 8.19. The number of piperazine rings is 1. The number of guanidine groups is 1. The third-order valence-corrected chi connectivity index (χ3v) is 4.55. The lowest BCUT2D eigenvalue weighted by Crippen LogP contribution is -2.52. The lowest BCUT2D eigenvalue weighted by molar-refractivity contribution is -0.140. The van der Waals surface area contributed by atoms with Gasteiger partial charge < -0.3 is 24.6 Å². The molecule has 1 aliphatic heterocycles. The summed E-state index contributed by atoms with van der Waals surface area (Å²) in [5.74, 6) is 1.66. The quantitative estimate of drug-likeness (QED) is 0.208. The van der Waals surface area contributed by atoms with Gasteiger partial charge in [0.25, 0.3) is 0 Å². The SMILES string of the molecule is CN=C(NCCCCC(=O)OC)N1CCN(c2ccc(OC)cc2)CC1.I. The second-order valence-electron chi connectivity index (χ2n) is 6.18. The molecule has 1 N–H and O–H groups in total. The maximum Gasteiger partial charge on any atom is 0.305 e. The fourth-order valence-electron chi connectivity index (χ4n) is 3.00. The molecule has 0 bridgehead atoms. The first-order chi connectivity index (χ1) is 12.7. The number of rotatable bonds is 7. The van der Waals surface area contributed by atoms with Gasteiger partial charge in [-0.1, -0.05) is 0 Å². The average molecular weight is 490 g/mol. The van der Waals surface area contributed by atoms with Crippen molar-refractivity contribution in [3.05, 3.63) is 24.3 Å². The number of methoxy groups -OCH3 is 2. The van der Waals surface area contributed by atoms with Crippen LogP contribution in [0.15, 0.2) is 29.3 Å². The fourth-order valence-corrected chi connectivity index (χ4v) is 3.00. The van der Waals surface area contributed by atoms with Crippen molar-refractivity contribution >= 4 is 41.6 Å². The smallest absolute Gasteiger partial charge is 0.305 e. The monoisotopic (exact) mass is 490 g/mol. The van der Waals surface area contributed by atoms with Crippen LogP contribution in [0.2, 0.25) is 0 Å². The minimum Gasteiger partial charge on any atom is -0.497 e. The van der Waals surface area contributed by atoms with Crippen molar-refractivity contribution < 1.29 is 14.3 Å². The van der Waals surface area contributed by atoms with Gasteiger partial charge in [0.15, 0.2) is 5.96 Å². The van der Waals surface area contributed by atoms with Gasteiger partial charge in [0, 0.05) is 51.9 Å². The van der Waals surface area contributed by atoms with E-state index in [4.69, 9.17) is 4.74 Å². The molecule has 1 aromatic carbocycles. The predicted octanol–water partition coefficient (Wildman–Crippen LogP) is 2.35. The van der Waals surface area contributed by atoms with Crippen molar-refractivity contribution in [2.24, 2.45) is 4.99 Å². The van der Waals surface area contributed by atoms with E-state index >= 15 is 0 Å². The highest BCUT2D eigenvalue weighted by atomic mass is 127. The van der Waals surface area contributed by atoms with Gasteiger partial charge in [-0.3, -0.25) is 9.79 Å². The number of unbranched alkanes of at least 4 members (excludes halogenated alkanes) is 1. The van der Waals surface area contributed by atoms with Crippen LogP contribution in [-0.2, 0) is 9.53 Å². The van der Waals surface area contributed by atoms with Crippen LogP contribution in [0.4, 0.5) is 5.69 Å². The van der Waals surface area contributed by atoms with E-state index in [1.807, 2.05) is 19.2 Å². The molecule has 0 atom stereocenters. The molecular weight excluding hydrogens is 459 g/mol. The Kier molecular flexibility index (Phi) is 10.9. The molecule has 0 aliphatic carbocycles. The summed E-state index contributed by atoms with van der Waals surface area (Å²) in [5, 5.41) is 3.39. The Balaban J connectivity index is 0.00000364. The zero-order chi connectivity index (χ0) is 18.8. The lowest BCUT2D eigenvalue weighted by atomic mass is 10.2. The molecule has 1 aromatic rings. The van der Waals surface area contributed by atoms with Gasteiger partial charge in [-0.15, -0.1) is 24.0 Å². The highest BCUT2D eigenvalue weighted by molar-refractivity contribution is 14.0. The largest absolute Gasteiger partial charge is 0.497 e. The molecule has 7 nitrogen and oxygen atoms in total. The number of anilines is 1. The van der Waals surface area contributed by atoms with Gasteiger partial charge in [-0.2, -0.15) is 0 Å². The highest BCUT2D eigenvalue weighted by Gasteiger charge is 2.19. The number of halogens is 1. The third-order valence-electron chi connectivity index (χ3n) is 4.55. The van der Waals surface area contributed by atoms with Gasteiger partial charge in [0.2, 0.25) is 0 Å². The Morgan fingerprint density at radius 3 is 2.33 bits per heavy atom. The van der Waals surface area contributed by atoms with Crippen LogP contribution in [-0.4, -0.2) is 70.8 Å². The number of hydrogen-bond acceptors (Lipinski definition) is 5. The number of aliphatic imine (C=N–C) groups is 1. The number of carbonyl (C=O) groups is 1. The number of ether oxygens (including phenoxy) is 2. The number of nitrogens with one attached hydrogen (secondary N) is 1. The Bertz CT molecular complexity index is 587. The van der Waals surface area contributed by atoms with E-state index in [-0.39, 0.29) is 29.9 Å². The normalized spacial score (nSPS) is 14.4. The number of nitrogens with zero attached hydrogens (tertiary/aromatic N) is 3. The van der Waals surface area contributed by atoms with E-state index in [1.165, 1.54) is 12.8 Å². The number of carbonyl (C=O) groups excluding carboxylic acids is 1. The van der Waals surface area contributed by atoms with Gasteiger partial charge in [0.05, 0.1) is 14.2 Å². The Hall–Kier alpha value is -1.71. The zero-order valence-corrected chi connectivity index (χ0v) is 18.8. The first-order valence-corrected chi connectivity index (χ1v) is 9.09. The molecule has 27 heavy (non-hydrogen) atoms. The molecular formula is C19H31IN4O3. The molecule has 0 radical (unpaired) electrons. The van der Waals surface area contributed by atoms with Crippen LogP contribution in [0, 0.1) is 0 Å². The van der Waals surface area contributed by atoms with Gasteiger partial charge in [-0.05, 0) is 37.1 Å². The van der Waals surface area contributed by atoms with Crippen molar-refractivity contribution in [1.29, 1.82) is 0 Å². The summed E-state index contributed by atoms with van der Waals surface area (Å²) in [4.78, 5) is 20.1. The summed E-state index contributed by atoms with van der Waals surface area (Å²) < 4.78 is 9.87. The Morgan fingerprint density at radius 1 is 1.11 bits per heavy atom. The molecule has 152 valence electrons. The number of esters is 1. The highest BCUT2D eigenvalue weighted by Crippen LogP contribution is 2.20. The van der Waals surface area contributed by atoms with Gasteiger partial charge in [-0.25, -0.2) is 0 Å². The van der Waals surface area contributed by atoms with Crippen LogP contribution in [0.5, 0.6) is 5.75 Å². The van der Waals surface area contributed by atoms with Crippen LogP contribution >= 0.6 is 24.0 Å². The van der Waals surface area contributed by atoms with Crippen LogP contribution in [0.25, 0.3) is 0 Å². The van der Waals surface area contributed by atoms with E-state index in [0.717, 1.165) is 57.3 Å². The first kappa shape index (κ1) is 23.3. The standard InChI is InChI=1S/C19H30N4O3.HI/c1-20-19(21-11-5-4-6-18(24)26-3)23-14-12-22(13-15-23)16-7-9-17(25-2)10-8-16;/h7-10H,4-6,11-15H2,1-3H3,(H,20,21);1H. The van der Waals surface area contributed by atoms with E-state index < -0.39 is 0 Å². The van der Waals surface area contributed by atoms with Crippen molar-refractivity contribution in [3.8, 4) is 5.75 Å². The minimum absolute atomic E-state index is 0. The Labute approximate surface area is 179 Å². The van der Waals surface area contributed by atoms with Crippen molar-refractivity contribution in [2.75, 3.05) is 58.9 Å². The van der Waals surface area contributed by atoms with E-state index in [1.54, 1.807) is 7.11 Å². The van der Waals surface area contributed by atoms with Crippen LogP contribution in [0.3, 0.4) is 0 Å². The van der Waals surface area contributed by atoms with E-state index in [2.05, 4.69) is 37.0 Å². The summed E-state index contributed by atoms with van der Waals surface area (Å²) >= 11 is 0. The molecule has 0 amide bonds. The third kappa shape index (κ3) is 7.43. The molecule has 1 fully saturated rings. The van der Waals surface area contributed by atoms with E-state index in [0.29, 0.717) is 6.42 Å². The van der Waals surface area contributed by atoms with Crippen molar-refractivity contribution in [2.45, 2.75) is 19.3 Å². The minimum atomic E-state index is -0.149. The maximum atomic E-state index is 11.1. The number of hydrogen-bond donors (Lipinski definition) is 1. The zero-order valence-electron chi connectivity index (χ0n) is 16.4. The summed E-state index contributed by atoms with van der Waals surface area (Å²) in [6.07, 6.45) is 2.21. The number of benzene rings is 1. The fraction of sp³-hybridized carbons (Fsp3) is 0.579. The second kappa shape index (κ2) is 12.6. The van der Waals surface area contributed by atoms with Crippen LogP contribution in [0.1, 0.15) is 19.3 Å². The van der Waals surface area contributed by atoms with Crippen LogP contribution < -0.4 is 15.0 Å². The lowest BCUT2D eigenvalue weighted by Gasteiger charge is -2.37. The summed E-state index contributed by atoms with van der Waals surface area (Å²) in [5.41, 5.74) is 1.22. The second-order valence-corrected chi connectivity index (χ2v) is 6.18. The first-order valence-electron chi connectivity index (χ1n) is 9.09. The Morgan fingerprint density at radius 2 is 1.78 bits per heavy atom. The molecule has 1 aliphatic rings. The molecule has 1 saturated heterocycles. The molecule has 0 spiro atoms. The topological polar surface area (TPSA) is 66.4 Å². The van der Waals surface area contributed by atoms with Gasteiger partial charge >= 0.3 is 5.97 Å². The molecule has 0 saturated carbocycles. The maximum absolute atomic E-state index is 11.1. The molecule has 2 rings (SSSR count). The molecule has 0 aromatic heterocycles.